The van der Waals surface area contributed by atoms with Crippen LogP contribution >= 0.6 is 15.9 Å². The lowest BCUT2D eigenvalue weighted by Gasteiger charge is -2.19. The van der Waals surface area contributed by atoms with E-state index in [2.05, 4.69) is 26.2 Å². The third kappa shape index (κ3) is 5.40. The number of hydrogen-bond acceptors (Lipinski definition) is 4. The van der Waals surface area contributed by atoms with E-state index in [1.807, 2.05) is 43.5 Å². The lowest BCUT2D eigenvalue weighted by molar-refractivity contribution is 0.0527. The molecule has 7 heteroatoms. The van der Waals surface area contributed by atoms with Crippen molar-refractivity contribution in [3.63, 3.8) is 0 Å². The molecule has 0 aliphatic carbocycles. The van der Waals surface area contributed by atoms with Gasteiger partial charge in [0.05, 0.1) is 11.0 Å². The fourth-order valence-electron chi connectivity index (χ4n) is 2.43. The standard InChI is InChI=1S/C17H25BrN4O2/c1-17(2,3)24-16(23)20-9-5-4-6-10-22-14-8-7-12(18)11-13(14)21-15(22)19/h7-8,11H,4-6,9-10H2,1-3H3,(H2,19,21)(H,20,23). The molecule has 0 aliphatic rings. The maximum absolute atomic E-state index is 11.5. The Morgan fingerprint density at radius 2 is 2.08 bits per heavy atom. The van der Waals surface area contributed by atoms with Gasteiger partial charge in [-0.1, -0.05) is 15.9 Å². The Labute approximate surface area is 150 Å². The first-order valence-corrected chi connectivity index (χ1v) is 8.94. The molecule has 0 fully saturated rings. The van der Waals surface area contributed by atoms with E-state index in [0.29, 0.717) is 12.5 Å². The van der Waals surface area contributed by atoms with E-state index in [1.54, 1.807) is 0 Å². The van der Waals surface area contributed by atoms with Crippen molar-refractivity contribution in [3.8, 4) is 0 Å². The smallest absolute Gasteiger partial charge is 0.407 e. The van der Waals surface area contributed by atoms with E-state index in [0.717, 1.165) is 41.3 Å². The molecule has 1 aromatic carbocycles. The number of anilines is 1. The molecule has 2 aromatic rings. The molecule has 0 atom stereocenters. The number of ether oxygens (including phenoxy) is 1. The molecule has 0 spiro atoms. The van der Waals surface area contributed by atoms with E-state index in [-0.39, 0.29) is 6.09 Å². The Morgan fingerprint density at radius 3 is 2.79 bits per heavy atom. The Bertz CT molecular complexity index is 706. The number of alkyl carbamates (subject to hydrolysis) is 1. The summed E-state index contributed by atoms with van der Waals surface area (Å²) < 4.78 is 8.22. The Hall–Kier alpha value is -1.76. The minimum Gasteiger partial charge on any atom is -0.444 e. The molecule has 1 amide bonds. The molecular formula is C17H25BrN4O2. The number of aryl methyl sites for hydroxylation is 1. The van der Waals surface area contributed by atoms with Crippen LogP contribution in [0.5, 0.6) is 0 Å². The molecule has 0 radical (unpaired) electrons. The number of hydrogen-bond donors (Lipinski definition) is 2. The number of nitrogens with one attached hydrogen (secondary N) is 1. The predicted molar refractivity (Wildman–Crippen MR) is 99.9 cm³/mol. The number of halogens is 1. The molecule has 132 valence electrons. The van der Waals surface area contributed by atoms with E-state index < -0.39 is 5.60 Å². The van der Waals surface area contributed by atoms with Crippen molar-refractivity contribution >= 4 is 39.0 Å². The zero-order chi connectivity index (χ0) is 17.7. The van der Waals surface area contributed by atoms with E-state index in [4.69, 9.17) is 10.5 Å². The maximum Gasteiger partial charge on any atom is 0.407 e. The van der Waals surface area contributed by atoms with Crippen molar-refractivity contribution in [3.05, 3.63) is 22.7 Å². The summed E-state index contributed by atoms with van der Waals surface area (Å²) in [5.74, 6) is 0.537. The van der Waals surface area contributed by atoms with Crippen molar-refractivity contribution < 1.29 is 9.53 Å². The van der Waals surface area contributed by atoms with Crippen LogP contribution in [-0.4, -0.2) is 27.8 Å². The second-order valence-electron chi connectivity index (χ2n) is 6.74. The molecule has 0 unspecified atom stereocenters. The average molecular weight is 397 g/mol. The first kappa shape index (κ1) is 18.6. The number of amides is 1. The topological polar surface area (TPSA) is 82.2 Å². The summed E-state index contributed by atoms with van der Waals surface area (Å²) in [6.07, 6.45) is 2.50. The zero-order valence-electron chi connectivity index (χ0n) is 14.4. The summed E-state index contributed by atoms with van der Waals surface area (Å²) in [6.45, 7) is 6.99. The second-order valence-corrected chi connectivity index (χ2v) is 7.66. The summed E-state index contributed by atoms with van der Waals surface area (Å²) in [6, 6.07) is 5.98. The van der Waals surface area contributed by atoms with Crippen LogP contribution in [0, 0.1) is 0 Å². The van der Waals surface area contributed by atoms with Crippen molar-refractivity contribution in [1.29, 1.82) is 0 Å². The lowest BCUT2D eigenvalue weighted by Crippen LogP contribution is -2.33. The minimum absolute atomic E-state index is 0.363. The quantitative estimate of drug-likeness (QED) is 0.720. The van der Waals surface area contributed by atoms with Gasteiger partial charge in [-0.25, -0.2) is 9.78 Å². The number of carbonyl (C=O) groups is 1. The molecule has 0 saturated heterocycles. The van der Waals surface area contributed by atoms with E-state index >= 15 is 0 Å². The Balaban J connectivity index is 1.73. The van der Waals surface area contributed by atoms with Gasteiger partial charge in [0.25, 0.3) is 0 Å². The molecule has 6 nitrogen and oxygen atoms in total. The first-order valence-electron chi connectivity index (χ1n) is 8.14. The Kier molecular flexibility index (Phi) is 6.10. The first-order chi connectivity index (χ1) is 11.3. The number of rotatable bonds is 6. The predicted octanol–water partition coefficient (Wildman–Crippen LogP) is 4.08. The number of imidazole rings is 1. The van der Waals surface area contributed by atoms with Crippen molar-refractivity contribution in [1.82, 2.24) is 14.9 Å². The fourth-order valence-corrected chi connectivity index (χ4v) is 2.78. The van der Waals surface area contributed by atoms with Gasteiger partial charge in [0.15, 0.2) is 0 Å². The van der Waals surface area contributed by atoms with Crippen LogP contribution in [0.15, 0.2) is 22.7 Å². The van der Waals surface area contributed by atoms with Crippen LogP contribution in [0.1, 0.15) is 40.0 Å². The minimum atomic E-state index is -0.459. The molecule has 0 saturated carbocycles. The molecule has 24 heavy (non-hydrogen) atoms. The number of carbonyl (C=O) groups excluding carboxylic acids is 1. The molecule has 2 rings (SSSR count). The van der Waals surface area contributed by atoms with Gasteiger partial charge in [-0.3, -0.25) is 0 Å². The summed E-state index contributed by atoms with van der Waals surface area (Å²) in [5, 5.41) is 2.77. The number of fused-ring (bicyclic) bond motifs is 1. The van der Waals surface area contributed by atoms with Gasteiger partial charge in [0.1, 0.15) is 5.60 Å². The monoisotopic (exact) mass is 396 g/mol. The largest absolute Gasteiger partial charge is 0.444 e. The van der Waals surface area contributed by atoms with Crippen LogP contribution in [-0.2, 0) is 11.3 Å². The third-order valence-corrected chi connectivity index (χ3v) is 3.96. The lowest BCUT2D eigenvalue weighted by atomic mass is 10.2. The van der Waals surface area contributed by atoms with Gasteiger partial charge >= 0.3 is 6.09 Å². The van der Waals surface area contributed by atoms with Crippen molar-refractivity contribution in [2.75, 3.05) is 12.3 Å². The van der Waals surface area contributed by atoms with Crippen LogP contribution in [0.25, 0.3) is 11.0 Å². The third-order valence-electron chi connectivity index (χ3n) is 3.47. The van der Waals surface area contributed by atoms with Gasteiger partial charge < -0.3 is 20.4 Å². The molecule has 1 heterocycles. The highest BCUT2D eigenvalue weighted by atomic mass is 79.9. The van der Waals surface area contributed by atoms with E-state index in [9.17, 15) is 4.79 Å². The van der Waals surface area contributed by atoms with Crippen LogP contribution in [0.2, 0.25) is 0 Å². The maximum atomic E-state index is 11.5. The zero-order valence-corrected chi connectivity index (χ0v) is 16.0. The summed E-state index contributed by atoms with van der Waals surface area (Å²) >= 11 is 3.44. The number of nitrogens with zero attached hydrogens (tertiary/aromatic N) is 2. The van der Waals surface area contributed by atoms with Crippen LogP contribution in [0.3, 0.4) is 0 Å². The molecule has 3 N–H and O–H groups in total. The van der Waals surface area contributed by atoms with Gasteiger partial charge in [-0.15, -0.1) is 0 Å². The number of unbranched alkanes of at least 4 members (excludes halogenated alkanes) is 2. The Morgan fingerprint density at radius 1 is 1.33 bits per heavy atom. The molecule has 0 aliphatic heterocycles. The summed E-state index contributed by atoms with van der Waals surface area (Å²) in [4.78, 5) is 15.9. The highest BCUT2D eigenvalue weighted by Crippen LogP contribution is 2.22. The molecular weight excluding hydrogens is 372 g/mol. The van der Waals surface area contributed by atoms with E-state index in [1.165, 1.54) is 0 Å². The summed E-state index contributed by atoms with van der Waals surface area (Å²) in [5.41, 5.74) is 7.49. The number of nitrogen functional groups attached to an aromatic ring is 1. The van der Waals surface area contributed by atoms with Crippen molar-refractivity contribution in [2.24, 2.45) is 0 Å². The van der Waals surface area contributed by atoms with Gasteiger partial charge in [-0.05, 0) is 58.2 Å². The van der Waals surface area contributed by atoms with Gasteiger partial charge in [0, 0.05) is 17.6 Å². The number of nitrogens with two attached hydrogens (primary N) is 1. The SMILES string of the molecule is CC(C)(C)OC(=O)NCCCCCn1c(N)nc2cc(Br)ccc21. The molecule has 0 bridgehead atoms. The average Bonchev–Trinajstić information content (AvgIpc) is 2.75. The highest BCUT2D eigenvalue weighted by molar-refractivity contribution is 9.10. The number of aromatic nitrogens is 2. The number of benzene rings is 1. The summed E-state index contributed by atoms with van der Waals surface area (Å²) in [7, 11) is 0. The van der Waals surface area contributed by atoms with Crippen molar-refractivity contribution in [2.45, 2.75) is 52.2 Å². The second kappa shape index (κ2) is 7.88. The van der Waals surface area contributed by atoms with Gasteiger partial charge in [-0.2, -0.15) is 0 Å². The molecule has 1 aromatic heterocycles. The van der Waals surface area contributed by atoms with Crippen LogP contribution < -0.4 is 11.1 Å². The van der Waals surface area contributed by atoms with Gasteiger partial charge in [0.2, 0.25) is 5.95 Å². The fraction of sp³-hybridized carbons (Fsp3) is 0.529. The highest BCUT2D eigenvalue weighted by Gasteiger charge is 2.15. The normalized spacial score (nSPS) is 11.7. The van der Waals surface area contributed by atoms with Crippen LogP contribution in [0.4, 0.5) is 10.7 Å².